The average Bonchev–Trinajstić information content (AvgIpc) is 3.24. The molecule has 0 spiro atoms. The Bertz CT molecular complexity index is 754. The van der Waals surface area contributed by atoms with Gasteiger partial charge in [-0.3, -0.25) is 19.7 Å². The van der Waals surface area contributed by atoms with Crippen molar-refractivity contribution in [3.63, 3.8) is 0 Å². The van der Waals surface area contributed by atoms with Gasteiger partial charge in [0, 0.05) is 31.7 Å². The highest BCUT2D eigenvalue weighted by molar-refractivity contribution is 5.83. The summed E-state index contributed by atoms with van der Waals surface area (Å²) in [5, 5.41) is 11.0. The van der Waals surface area contributed by atoms with Crippen LogP contribution < -0.4 is 0 Å². The molecule has 4 heterocycles. The van der Waals surface area contributed by atoms with Crippen LogP contribution in [0.15, 0.2) is 48.9 Å². The number of likely N-dealkylation sites (tertiary alicyclic amines) is 2. The number of carbonyl (C=O) groups is 1. The second kappa shape index (κ2) is 7.74. The van der Waals surface area contributed by atoms with Gasteiger partial charge in [0.1, 0.15) is 11.6 Å². The van der Waals surface area contributed by atoms with Crippen LogP contribution in [0.1, 0.15) is 43.0 Å². The number of rotatable bonds is 4. The summed E-state index contributed by atoms with van der Waals surface area (Å²) < 4.78 is 0. The molecule has 2 aromatic rings. The van der Waals surface area contributed by atoms with Gasteiger partial charge in [-0.2, -0.15) is 0 Å². The van der Waals surface area contributed by atoms with Gasteiger partial charge in [0.2, 0.25) is 5.91 Å². The lowest BCUT2D eigenvalue weighted by Crippen LogP contribution is -2.49. The highest BCUT2D eigenvalue weighted by atomic mass is 16.3. The molecule has 1 N–H and O–H groups in total. The van der Waals surface area contributed by atoms with Gasteiger partial charge in [0.05, 0.1) is 5.69 Å². The number of nitrogens with zero attached hydrogens (tertiary/aromatic N) is 4. The van der Waals surface area contributed by atoms with Crippen molar-refractivity contribution in [2.75, 3.05) is 26.2 Å². The average molecular weight is 366 g/mol. The number of hydrogen-bond donors (Lipinski definition) is 1. The second-order valence-corrected chi connectivity index (χ2v) is 7.50. The fourth-order valence-corrected chi connectivity index (χ4v) is 4.21. The Kier molecular flexibility index (Phi) is 5.18. The smallest absolute Gasteiger partial charge is 0.244 e. The van der Waals surface area contributed by atoms with Crippen molar-refractivity contribution in [1.82, 2.24) is 19.8 Å². The maximum absolute atomic E-state index is 13.4. The number of pyridine rings is 2. The maximum Gasteiger partial charge on any atom is 0.244 e. The number of aliphatic hydroxyl groups is 1. The molecule has 1 amide bonds. The normalized spacial score (nSPS) is 21.1. The van der Waals surface area contributed by atoms with Crippen LogP contribution in [0.4, 0.5) is 0 Å². The minimum Gasteiger partial charge on any atom is -0.383 e. The minimum atomic E-state index is -0.949. The van der Waals surface area contributed by atoms with Crippen molar-refractivity contribution >= 4 is 5.91 Å². The zero-order chi connectivity index (χ0) is 18.7. The van der Waals surface area contributed by atoms with E-state index in [4.69, 9.17) is 0 Å². The molecule has 0 aliphatic carbocycles. The second-order valence-electron chi connectivity index (χ2n) is 7.50. The fourth-order valence-electron chi connectivity index (χ4n) is 4.21. The Balaban J connectivity index is 1.50. The first kappa shape index (κ1) is 18.1. The molecule has 2 saturated heterocycles. The Morgan fingerprint density at radius 3 is 2.44 bits per heavy atom. The van der Waals surface area contributed by atoms with Crippen molar-refractivity contribution in [1.29, 1.82) is 0 Å². The van der Waals surface area contributed by atoms with Crippen LogP contribution in [-0.4, -0.2) is 57.0 Å². The summed E-state index contributed by atoms with van der Waals surface area (Å²) in [7, 11) is 0. The van der Waals surface area contributed by atoms with Gasteiger partial charge >= 0.3 is 0 Å². The van der Waals surface area contributed by atoms with Crippen molar-refractivity contribution in [3.8, 4) is 0 Å². The molecule has 2 aliphatic heterocycles. The fraction of sp³-hybridized carbons (Fsp3) is 0.476. The lowest BCUT2D eigenvalue weighted by molar-refractivity contribution is -0.141. The van der Waals surface area contributed by atoms with Gasteiger partial charge in [-0.1, -0.05) is 12.1 Å². The molecule has 2 fully saturated rings. The molecule has 27 heavy (non-hydrogen) atoms. The van der Waals surface area contributed by atoms with Gasteiger partial charge in [0.15, 0.2) is 0 Å². The molecular formula is C21H26N4O2. The van der Waals surface area contributed by atoms with Crippen LogP contribution in [0.5, 0.6) is 0 Å². The topological polar surface area (TPSA) is 69.6 Å². The number of piperidine rings is 1. The van der Waals surface area contributed by atoms with Crippen molar-refractivity contribution in [3.05, 3.63) is 60.2 Å². The third-order valence-corrected chi connectivity index (χ3v) is 5.78. The summed E-state index contributed by atoms with van der Waals surface area (Å²) >= 11 is 0. The summed E-state index contributed by atoms with van der Waals surface area (Å²) in [4.78, 5) is 26.1. The Labute approximate surface area is 159 Å². The molecule has 2 aromatic heterocycles. The zero-order valence-corrected chi connectivity index (χ0v) is 15.5. The highest BCUT2D eigenvalue weighted by Gasteiger charge is 2.39. The monoisotopic (exact) mass is 366 g/mol. The first-order valence-corrected chi connectivity index (χ1v) is 9.74. The zero-order valence-electron chi connectivity index (χ0n) is 15.5. The predicted molar refractivity (Wildman–Crippen MR) is 102 cm³/mol. The summed E-state index contributed by atoms with van der Waals surface area (Å²) in [6.07, 6.45) is 8.52. The van der Waals surface area contributed by atoms with Crippen molar-refractivity contribution in [2.24, 2.45) is 0 Å². The van der Waals surface area contributed by atoms with Crippen molar-refractivity contribution < 1.29 is 9.90 Å². The van der Waals surface area contributed by atoms with Crippen molar-refractivity contribution in [2.45, 2.75) is 37.3 Å². The molecule has 142 valence electrons. The molecule has 6 nitrogen and oxygen atoms in total. The van der Waals surface area contributed by atoms with Crippen LogP contribution in [-0.2, 0) is 10.4 Å². The predicted octanol–water partition coefficient (Wildman–Crippen LogP) is 2.12. The van der Waals surface area contributed by atoms with E-state index in [1.54, 1.807) is 18.6 Å². The van der Waals surface area contributed by atoms with Crippen LogP contribution in [0.2, 0.25) is 0 Å². The number of amides is 1. The molecule has 0 bridgehead atoms. The van der Waals surface area contributed by atoms with E-state index < -0.39 is 5.60 Å². The molecule has 0 radical (unpaired) electrons. The molecule has 0 aromatic carbocycles. The van der Waals surface area contributed by atoms with Gasteiger partial charge in [-0.05, 0) is 62.5 Å². The molecule has 0 saturated carbocycles. The van der Waals surface area contributed by atoms with Crippen LogP contribution in [0.25, 0.3) is 0 Å². The van der Waals surface area contributed by atoms with E-state index in [1.165, 1.54) is 0 Å². The maximum atomic E-state index is 13.4. The van der Waals surface area contributed by atoms with E-state index in [1.807, 2.05) is 35.2 Å². The van der Waals surface area contributed by atoms with Gasteiger partial charge in [-0.25, -0.2) is 0 Å². The van der Waals surface area contributed by atoms with Crippen LogP contribution in [0, 0.1) is 0 Å². The Hall–Kier alpha value is -2.31. The summed E-state index contributed by atoms with van der Waals surface area (Å²) in [6.45, 7) is 2.96. The molecule has 0 unspecified atom stereocenters. The van der Waals surface area contributed by atoms with E-state index in [2.05, 4.69) is 14.9 Å². The number of aromatic nitrogens is 2. The van der Waals surface area contributed by atoms with Gasteiger partial charge in [0.25, 0.3) is 0 Å². The quantitative estimate of drug-likeness (QED) is 0.898. The summed E-state index contributed by atoms with van der Waals surface area (Å²) in [5.74, 6) is 0.118. The number of hydrogen-bond acceptors (Lipinski definition) is 5. The van der Waals surface area contributed by atoms with Crippen LogP contribution in [0.3, 0.4) is 0 Å². The Morgan fingerprint density at radius 2 is 1.81 bits per heavy atom. The van der Waals surface area contributed by atoms with Gasteiger partial charge < -0.3 is 10.0 Å². The first-order valence-electron chi connectivity index (χ1n) is 9.74. The Morgan fingerprint density at radius 1 is 1.04 bits per heavy atom. The molecule has 4 rings (SSSR count). The van der Waals surface area contributed by atoms with Crippen LogP contribution >= 0.6 is 0 Å². The third-order valence-electron chi connectivity index (χ3n) is 5.78. The number of carbonyl (C=O) groups excluding carboxylic acids is 1. The summed E-state index contributed by atoms with van der Waals surface area (Å²) in [5.41, 5.74) is 0.700. The minimum absolute atomic E-state index is 0.118. The van der Waals surface area contributed by atoms with E-state index in [0.29, 0.717) is 31.6 Å². The van der Waals surface area contributed by atoms with E-state index >= 15 is 0 Å². The lowest BCUT2D eigenvalue weighted by Gasteiger charge is -2.40. The summed E-state index contributed by atoms with van der Waals surface area (Å²) in [6, 6.07) is 9.20. The third kappa shape index (κ3) is 3.73. The highest BCUT2D eigenvalue weighted by Crippen LogP contribution is 2.34. The molecular weight excluding hydrogens is 340 g/mol. The molecule has 6 heteroatoms. The molecule has 1 atom stereocenters. The molecule has 2 aliphatic rings. The van der Waals surface area contributed by atoms with Gasteiger partial charge in [-0.15, -0.1) is 0 Å². The largest absolute Gasteiger partial charge is 0.383 e. The SMILES string of the molecule is O=C([C@@H](c1cccnc1)N1CCCC1)N1CCC(O)(c2ccccn2)CC1. The first-order chi connectivity index (χ1) is 13.2. The van der Waals surface area contributed by atoms with E-state index in [-0.39, 0.29) is 11.9 Å². The standard InChI is InChI=1S/C21H26N4O2/c26-20(19(24-12-3-4-13-24)17-6-5-10-22-16-17)25-14-8-21(27,9-15-25)18-7-1-2-11-23-18/h1-2,5-7,10-11,16,19,27H,3-4,8-9,12-15H2/t19-/m1/s1. The lowest BCUT2D eigenvalue weighted by atomic mass is 9.87. The van der Waals surface area contributed by atoms with E-state index in [0.717, 1.165) is 31.5 Å². The van der Waals surface area contributed by atoms with E-state index in [9.17, 15) is 9.90 Å².